The lowest BCUT2D eigenvalue weighted by Gasteiger charge is -2.25. The normalized spacial score (nSPS) is 13.2. The molecule has 0 saturated heterocycles. The van der Waals surface area contributed by atoms with Gasteiger partial charge >= 0.3 is 6.18 Å². The molecule has 0 aliphatic carbocycles. The first-order valence-electron chi connectivity index (χ1n) is 5.95. The highest BCUT2D eigenvalue weighted by molar-refractivity contribution is 9.10. The van der Waals surface area contributed by atoms with E-state index in [2.05, 4.69) is 15.9 Å². The first-order valence-corrected chi connectivity index (χ1v) is 8.18. The molecule has 0 N–H and O–H groups in total. The van der Waals surface area contributed by atoms with Crippen molar-refractivity contribution >= 4 is 26.0 Å². The van der Waals surface area contributed by atoms with Crippen molar-refractivity contribution < 1.29 is 26.0 Å². The summed E-state index contributed by atoms with van der Waals surface area (Å²) in [5.41, 5.74) is 0. The first-order chi connectivity index (χ1) is 9.43. The molecule has 0 saturated carbocycles. The standard InChI is InChI=1S/C12H14BrF4NO2S/c1-8(2)6-18(7-12(15,16)17)21(19,20)11-5-9(13)3-4-10(11)14/h3-5,8H,6-7H2,1-2H3. The van der Waals surface area contributed by atoms with Gasteiger partial charge in [0.05, 0.1) is 0 Å². The molecule has 0 bridgehead atoms. The highest BCUT2D eigenvalue weighted by atomic mass is 79.9. The van der Waals surface area contributed by atoms with Crippen molar-refractivity contribution in [1.82, 2.24) is 4.31 Å². The van der Waals surface area contributed by atoms with E-state index in [9.17, 15) is 26.0 Å². The number of halogens is 5. The van der Waals surface area contributed by atoms with E-state index in [4.69, 9.17) is 0 Å². The van der Waals surface area contributed by atoms with Gasteiger partial charge < -0.3 is 0 Å². The average Bonchev–Trinajstić information content (AvgIpc) is 2.29. The van der Waals surface area contributed by atoms with Crippen LogP contribution in [0.2, 0.25) is 0 Å². The minimum absolute atomic E-state index is 0.252. The van der Waals surface area contributed by atoms with Gasteiger partial charge in [0.25, 0.3) is 0 Å². The molecule has 1 aromatic rings. The van der Waals surface area contributed by atoms with Gasteiger partial charge in [0.1, 0.15) is 17.3 Å². The van der Waals surface area contributed by atoms with Crippen molar-refractivity contribution in [1.29, 1.82) is 0 Å². The topological polar surface area (TPSA) is 37.4 Å². The average molecular weight is 392 g/mol. The second-order valence-electron chi connectivity index (χ2n) is 4.88. The largest absolute Gasteiger partial charge is 0.402 e. The molecule has 0 aliphatic rings. The van der Waals surface area contributed by atoms with Gasteiger partial charge in [-0.2, -0.15) is 17.5 Å². The molecule has 1 aromatic carbocycles. The smallest absolute Gasteiger partial charge is 0.207 e. The van der Waals surface area contributed by atoms with Crippen LogP contribution in [-0.4, -0.2) is 32.0 Å². The Hall–Kier alpha value is -0.670. The second-order valence-corrected chi connectivity index (χ2v) is 7.70. The first kappa shape index (κ1) is 18.4. The lowest BCUT2D eigenvalue weighted by atomic mass is 10.2. The molecule has 21 heavy (non-hydrogen) atoms. The predicted molar refractivity (Wildman–Crippen MR) is 73.8 cm³/mol. The Kier molecular flexibility index (Phi) is 5.79. The molecule has 1 rings (SSSR count). The van der Waals surface area contributed by atoms with Crippen LogP contribution in [-0.2, 0) is 10.0 Å². The van der Waals surface area contributed by atoms with Crippen LogP contribution in [0.25, 0.3) is 0 Å². The summed E-state index contributed by atoms with van der Waals surface area (Å²) in [7, 11) is -4.57. The van der Waals surface area contributed by atoms with E-state index in [1.165, 1.54) is 6.07 Å². The molecule has 3 nitrogen and oxygen atoms in total. The van der Waals surface area contributed by atoms with Crippen LogP contribution >= 0.6 is 15.9 Å². The number of rotatable bonds is 5. The summed E-state index contributed by atoms with van der Waals surface area (Å²) >= 11 is 2.98. The highest BCUT2D eigenvalue weighted by Crippen LogP contribution is 2.27. The molecule has 9 heteroatoms. The Morgan fingerprint density at radius 3 is 2.33 bits per heavy atom. The third-order valence-corrected chi connectivity index (χ3v) is 4.76. The third kappa shape index (κ3) is 5.23. The van der Waals surface area contributed by atoms with Gasteiger partial charge in [-0.3, -0.25) is 0 Å². The molecule has 0 aromatic heterocycles. The quantitative estimate of drug-likeness (QED) is 0.715. The van der Waals surface area contributed by atoms with Crippen molar-refractivity contribution in [3.63, 3.8) is 0 Å². The monoisotopic (exact) mass is 391 g/mol. The van der Waals surface area contributed by atoms with E-state index >= 15 is 0 Å². The van der Waals surface area contributed by atoms with Gasteiger partial charge in [-0.15, -0.1) is 0 Å². The van der Waals surface area contributed by atoms with Crippen LogP contribution in [0.15, 0.2) is 27.6 Å². The van der Waals surface area contributed by atoms with E-state index in [1.807, 2.05) is 0 Å². The number of benzene rings is 1. The summed E-state index contributed by atoms with van der Waals surface area (Å²) in [6.45, 7) is 1.15. The van der Waals surface area contributed by atoms with Crippen molar-refractivity contribution in [2.45, 2.75) is 24.9 Å². The minimum Gasteiger partial charge on any atom is -0.207 e. The summed E-state index contributed by atoms with van der Waals surface area (Å²) < 4.78 is 76.5. The summed E-state index contributed by atoms with van der Waals surface area (Å²) in [5.74, 6) is -1.42. The Morgan fingerprint density at radius 1 is 1.29 bits per heavy atom. The van der Waals surface area contributed by atoms with Crippen LogP contribution in [0.5, 0.6) is 0 Å². The molecular formula is C12H14BrF4NO2S. The van der Waals surface area contributed by atoms with Crippen molar-refractivity contribution in [2.75, 3.05) is 13.1 Å². The number of alkyl halides is 3. The zero-order valence-corrected chi connectivity index (χ0v) is 13.7. The fourth-order valence-corrected chi connectivity index (χ4v) is 3.86. The molecule has 0 amide bonds. The van der Waals surface area contributed by atoms with Gasteiger partial charge in [-0.05, 0) is 24.1 Å². The molecule has 0 fully saturated rings. The Bertz CT molecular complexity index is 602. The zero-order valence-electron chi connectivity index (χ0n) is 11.3. The molecule has 0 radical (unpaired) electrons. The molecule has 0 atom stereocenters. The number of hydrogen-bond donors (Lipinski definition) is 0. The molecule has 120 valence electrons. The third-order valence-electron chi connectivity index (χ3n) is 2.44. The Balaban J connectivity index is 3.29. The summed E-state index contributed by atoms with van der Waals surface area (Å²) in [4.78, 5) is -0.776. The van der Waals surface area contributed by atoms with Crippen molar-refractivity contribution in [2.24, 2.45) is 5.92 Å². The number of nitrogens with zero attached hydrogens (tertiary/aromatic N) is 1. The lowest BCUT2D eigenvalue weighted by molar-refractivity contribution is -0.136. The van der Waals surface area contributed by atoms with E-state index in [0.29, 0.717) is 0 Å². The van der Waals surface area contributed by atoms with Crippen LogP contribution in [0.1, 0.15) is 13.8 Å². The predicted octanol–water partition coefficient (Wildman–Crippen LogP) is 3.80. The Labute approximate surface area is 129 Å². The van der Waals surface area contributed by atoms with Gasteiger partial charge in [0.15, 0.2) is 0 Å². The SMILES string of the molecule is CC(C)CN(CC(F)(F)F)S(=O)(=O)c1cc(Br)ccc1F. The highest BCUT2D eigenvalue weighted by Gasteiger charge is 2.38. The molecule has 0 spiro atoms. The van der Waals surface area contributed by atoms with Gasteiger partial charge in [-0.25, -0.2) is 12.8 Å². The fraction of sp³-hybridized carbons (Fsp3) is 0.500. The summed E-state index contributed by atoms with van der Waals surface area (Å²) in [5, 5.41) is 0. The van der Waals surface area contributed by atoms with Crippen molar-refractivity contribution in [3.05, 3.63) is 28.5 Å². The zero-order chi connectivity index (χ0) is 16.4. The van der Waals surface area contributed by atoms with Gasteiger partial charge in [0, 0.05) is 11.0 Å². The van der Waals surface area contributed by atoms with Crippen molar-refractivity contribution in [3.8, 4) is 0 Å². The van der Waals surface area contributed by atoms with Gasteiger partial charge in [0.2, 0.25) is 10.0 Å². The maximum atomic E-state index is 13.7. The second kappa shape index (κ2) is 6.62. The Morgan fingerprint density at radius 2 is 1.86 bits per heavy atom. The summed E-state index contributed by atoms with van der Waals surface area (Å²) in [6.07, 6.45) is -4.70. The lowest BCUT2D eigenvalue weighted by Crippen LogP contribution is -2.41. The molecular weight excluding hydrogens is 378 g/mol. The fourth-order valence-electron chi connectivity index (χ4n) is 1.67. The minimum atomic E-state index is -4.70. The maximum Gasteiger partial charge on any atom is 0.402 e. The molecule has 0 unspecified atom stereocenters. The van der Waals surface area contributed by atoms with Crippen LogP contribution in [0.3, 0.4) is 0 Å². The van der Waals surface area contributed by atoms with E-state index < -0.39 is 33.5 Å². The van der Waals surface area contributed by atoms with Crippen LogP contribution < -0.4 is 0 Å². The molecule has 0 aliphatic heterocycles. The van der Waals surface area contributed by atoms with E-state index in [-0.39, 0.29) is 21.2 Å². The van der Waals surface area contributed by atoms with Crippen LogP contribution in [0, 0.1) is 11.7 Å². The summed E-state index contributed by atoms with van der Waals surface area (Å²) in [6, 6.07) is 3.11. The maximum absolute atomic E-state index is 13.7. The van der Waals surface area contributed by atoms with E-state index in [1.54, 1.807) is 13.8 Å². The van der Waals surface area contributed by atoms with Gasteiger partial charge in [-0.1, -0.05) is 29.8 Å². The van der Waals surface area contributed by atoms with Crippen LogP contribution in [0.4, 0.5) is 17.6 Å². The number of hydrogen-bond acceptors (Lipinski definition) is 2. The number of sulfonamides is 1. The molecule has 0 heterocycles. The van der Waals surface area contributed by atoms with E-state index in [0.717, 1.165) is 12.1 Å².